The minimum Gasteiger partial charge on any atom is -0.465 e. The van der Waals surface area contributed by atoms with Crippen molar-refractivity contribution in [3.8, 4) is 12.1 Å². The minimum atomic E-state index is -0.775. The highest BCUT2D eigenvalue weighted by molar-refractivity contribution is 14.1. The molecule has 0 aromatic heterocycles. The Kier molecular flexibility index (Phi) is 5.63. The first-order valence-corrected chi connectivity index (χ1v) is 6.35. The average molecular weight is 398 g/mol. The Balaban J connectivity index is 3.41. The second-order valence-corrected chi connectivity index (χ2v) is 4.69. The Hall–Kier alpha value is -2.66. The molecule has 0 fully saturated rings. The number of hydrogen-bond acceptors (Lipinski definition) is 7. The summed E-state index contributed by atoms with van der Waals surface area (Å²) in [6, 6.07) is 5.60. The van der Waals surface area contributed by atoms with Gasteiger partial charge >= 0.3 is 5.97 Å². The second kappa shape index (κ2) is 7.21. The van der Waals surface area contributed by atoms with Crippen LogP contribution in [0.2, 0.25) is 0 Å². The summed E-state index contributed by atoms with van der Waals surface area (Å²) in [6.07, 6.45) is 1.11. The highest BCUT2D eigenvalue weighted by Crippen LogP contribution is 2.29. The Bertz CT molecular complexity index is 699. The number of carbonyl (C=O) groups excluding carboxylic acids is 1. The van der Waals surface area contributed by atoms with Crippen molar-refractivity contribution in [2.75, 3.05) is 12.4 Å². The number of nitro benzene ring substituents is 1. The zero-order valence-corrected chi connectivity index (χ0v) is 12.7. The Morgan fingerprint density at radius 3 is 2.57 bits per heavy atom. The lowest BCUT2D eigenvalue weighted by atomic mass is 10.1. The number of nitrogens with zero attached hydrogens (tertiary/aromatic N) is 3. The first-order valence-electron chi connectivity index (χ1n) is 5.27. The van der Waals surface area contributed by atoms with Crippen molar-refractivity contribution < 1.29 is 14.5 Å². The van der Waals surface area contributed by atoms with Crippen LogP contribution < -0.4 is 5.32 Å². The van der Waals surface area contributed by atoms with E-state index < -0.39 is 10.9 Å². The standard InChI is InChI=1S/C12H7IN4O4/c1-21-12(18)9-2-8(17(19)20)3-10(13)11(9)16-6-7(4-14)5-15/h2-3,6,16H,1H3. The molecule has 1 aromatic carbocycles. The first-order chi connectivity index (χ1) is 9.94. The molecule has 0 spiro atoms. The fourth-order valence-electron chi connectivity index (χ4n) is 1.35. The van der Waals surface area contributed by atoms with Crippen LogP contribution in [0.15, 0.2) is 23.9 Å². The van der Waals surface area contributed by atoms with Crippen LogP contribution in [0.25, 0.3) is 0 Å². The molecule has 0 bridgehead atoms. The molecule has 1 rings (SSSR count). The van der Waals surface area contributed by atoms with Gasteiger partial charge in [0, 0.05) is 21.9 Å². The lowest BCUT2D eigenvalue weighted by Gasteiger charge is -2.10. The second-order valence-electron chi connectivity index (χ2n) is 3.52. The summed E-state index contributed by atoms with van der Waals surface area (Å²) in [5.41, 5.74) is -0.325. The molecule has 0 atom stereocenters. The number of anilines is 1. The highest BCUT2D eigenvalue weighted by atomic mass is 127. The summed E-state index contributed by atoms with van der Waals surface area (Å²) < 4.78 is 4.94. The van der Waals surface area contributed by atoms with Crippen molar-refractivity contribution in [1.29, 1.82) is 10.5 Å². The van der Waals surface area contributed by atoms with E-state index in [4.69, 9.17) is 10.5 Å². The largest absolute Gasteiger partial charge is 0.465 e. The number of allylic oxidation sites excluding steroid dienone is 1. The van der Waals surface area contributed by atoms with E-state index in [2.05, 4.69) is 10.1 Å². The predicted molar refractivity (Wildman–Crippen MR) is 80.1 cm³/mol. The maximum Gasteiger partial charge on any atom is 0.340 e. The van der Waals surface area contributed by atoms with E-state index in [9.17, 15) is 14.9 Å². The summed E-state index contributed by atoms with van der Waals surface area (Å²) in [4.78, 5) is 21.9. The predicted octanol–water partition coefficient (Wildman–Crippen LogP) is 2.33. The monoisotopic (exact) mass is 398 g/mol. The molecule has 9 heteroatoms. The van der Waals surface area contributed by atoms with Crippen molar-refractivity contribution in [1.82, 2.24) is 0 Å². The molecule has 21 heavy (non-hydrogen) atoms. The molecule has 106 valence electrons. The molecule has 0 saturated heterocycles. The van der Waals surface area contributed by atoms with E-state index >= 15 is 0 Å². The van der Waals surface area contributed by atoms with Crippen molar-refractivity contribution >= 4 is 39.9 Å². The van der Waals surface area contributed by atoms with Gasteiger partial charge in [-0.15, -0.1) is 0 Å². The molecule has 8 nitrogen and oxygen atoms in total. The van der Waals surface area contributed by atoms with Gasteiger partial charge in [-0.1, -0.05) is 0 Å². The maximum absolute atomic E-state index is 11.7. The summed E-state index contributed by atoms with van der Waals surface area (Å²) in [7, 11) is 1.14. The fourth-order valence-corrected chi connectivity index (χ4v) is 2.11. The number of halogens is 1. The Morgan fingerprint density at radius 1 is 1.48 bits per heavy atom. The van der Waals surface area contributed by atoms with E-state index in [1.807, 2.05) is 0 Å². The van der Waals surface area contributed by atoms with Gasteiger partial charge in [-0.3, -0.25) is 10.1 Å². The summed E-state index contributed by atoms with van der Waals surface area (Å²) >= 11 is 1.80. The summed E-state index contributed by atoms with van der Waals surface area (Å²) in [5, 5.41) is 30.7. The third-order valence-electron chi connectivity index (χ3n) is 2.29. The van der Waals surface area contributed by atoms with E-state index in [0.29, 0.717) is 3.57 Å². The van der Waals surface area contributed by atoms with Gasteiger partial charge in [-0.05, 0) is 22.6 Å². The van der Waals surface area contributed by atoms with Gasteiger partial charge in [0.1, 0.15) is 17.7 Å². The van der Waals surface area contributed by atoms with Crippen LogP contribution in [0.3, 0.4) is 0 Å². The SMILES string of the molecule is COC(=O)c1cc([N+](=O)[O-])cc(I)c1NC=C(C#N)C#N. The van der Waals surface area contributed by atoms with Crippen molar-refractivity contribution in [2.24, 2.45) is 0 Å². The van der Waals surface area contributed by atoms with Crippen LogP contribution >= 0.6 is 22.6 Å². The molecule has 0 amide bonds. The van der Waals surface area contributed by atoms with Gasteiger partial charge in [-0.25, -0.2) is 4.79 Å². The zero-order chi connectivity index (χ0) is 16.0. The van der Waals surface area contributed by atoms with Gasteiger partial charge in [-0.2, -0.15) is 10.5 Å². The van der Waals surface area contributed by atoms with Crippen LogP contribution in [-0.4, -0.2) is 18.0 Å². The smallest absolute Gasteiger partial charge is 0.340 e. The van der Waals surface area contributed by atoms with Gasteiger partial charge in [0.25, 0.3) is 5.69 Å². The zero-order valence-electron chi connectivity index (χ0n) is 10.6. The van der Waals surface area contributed by atoms with Crippen LogP contribution in [0.1, 0.15) is 10.4 Å². The number of esters is 1. The maximum atomic E-state index is 11.7. The molecule has 1 aromatic rings. The van der Waals surface area contributed by atoms with E-state index in [1.165, 1.54) is 6.07 Å². The van der Waals surface area contributed by atoms with Gasteiger partial charge < -0.3 is 10.1 Å². The molecule has 0 aliphatic rings. The molecule has 0 heterocycles. The van der Waals surface area contributed by atoms with E-state index in [1.54, 1.807) is 34.7 Å². The third kappa shape index (κ3) is 3.90. The van der Waals surface area contributed by atoms with E-state index in [0.717, 1.165) is 19.4 Å². The quantitative estimate of drug-likeness (QED) is 0.271. The van der Waals surface area contributed by atoms with Gasteiger partial charge in [0.05, 0.1) is 23.3 Å². The number of hydrogen-bond donors (Lipinski definition) is 1. The highest BCUT2D eigenvalue weighted by Gasteiger charge is 2.20. The van der Waals surface area contributed by atoms with E-state index in [-0.39, 0.29) is 22.5 Å². The lowest BCUT2D eigenvalue weighted by molar-refractivity contribution is -0.385. The first kappa shape index (κ1) is 16.4. The van der Waals surface area contributed by atoms with Gasteiger partial charge in [0.15, 0.2) is 0 Å². The lowest BCUT2D eigenvalue weighted by Crippen LogP contribution is -2.08. The number of non-ortho nitro benzene ring substituents is 1. The number of nitriles is 2. The molecule has 0 radical (unpaired) electrons. The number of benzene rings is 1. The molecular weight excluding hydrogens is 391 g/mol. The van der Waals surface area contributed by atoms with Crippen molar-refractivity contribution in [3.05, 3.63) is 43.2 Å². The normalized spacial score (nSPS) is 8.95. The van der Waals surface area contributed by atoms with Crippen LogP contribution in [0, 0.1) is 36.3 Å². The molecule has 0 aliphatic carbocycles. The molecule has 0 aliphatic heterocycles. The number of ether oxygens (including phenoxy) is 1. The number of rotatable bonds is 4. The summed E-state index contributed by atoms with van der Waals surface area (Å²) in [5.74, 6) is -0.775. The third-order valence-corrected chi connectivity index (χ3v) is 3.14. The fraction of sp³-hybridized carbons (Fsp3) is 0.0833. The van der Waals surface area contributed by atoms with Crippen LogP contribution in [0.4, 0.5) is 11.4 Å². The summed E-state index contributed by atoms with van der Waals surface area (Å²) in [6.45, 7) is 0. The molecule has 0 saturated carbocycles. The Labute approximate surface area is 132 Å². The van der Waals surface area contributed by atoms with Crippen molar-refractivity contribution in [3.63, 3.8) is 0 Å². The number of carbonyl (C=O) groups is 1. The van der Waals surface area contributed by atoms with Crippen LogP contribution in [-0.2, 0) is 4.74 Å². The minimum absolute atomic E-state index is 0.0671. The number of methoxy groups -OCH3 is 1. The molecule has 1 N–H and O–H groups in total. The van der Waals surface area contributed by atoms with Crippen molar-refractivity contribution in [2.45, 2.75) is 0 Å². The Morgan fingerprint density at radius 2 is 2.10 bits per heavy atom. The topological polar surface area (TPSA) is 129 Å². The van der Waals surface area contributed by atoms with Crippen LogP contribution in [0.5, 0.6) is 0 Å². The molecule has 0 unspecified atom stereocenters. The molecular formula is C12H7IN4O4. The average Bonchev–Trinajstić information content (AvgIpc) is 2.47. The van der Waals surface area contributed by atoms with Gasteiger partial charge in [0.2, 0.25) is 0 Å². The number of nitro groups is 1. The number of nitrogens with one attached hydrogen (secondary N) is 1.